The molecule has 2 aromatic rings. The predicted octanol–water partition coefficient (Wildman–Crippen LogP) is 3.90. The van der Waals surface area contributed by atoms with Gasteiger partial charge in [-0.05, 0) is 24.2 Å². The van der Waals surface area contributed by atoms with E-state index < -0.39 is 14.3 Å². The normalized spacial score (nSPS) is 12.6. The Morgan fingerprint density at radius 3 is 2.67 bits per heavy atom. The first-order valence-electron chi connectivity index (χ1n) is 7.58. The van der Waals surface area contributed by atoms with E-state index in [1.54, 1.807) is 23.2 Å². The second-order valence-electron chi connectivity index (χ2n) is 6.88. The van der Waals surface area contributed by atoms with Crippen molar-refractivity contribution in [3.63, 3.8) is 0 Å². The van der Waals surface area contributed by atoms with Crippen LogP contribution in [-0.2, 0) is 9.53 Å². The number of carbonyl (C=O) groups is 1. The minimum Gasteiger partial charge on any atom is -0.541 e. The van der Waals surface area contributed by atoms with Gasteiger partial charge in [-0.2, -0.15) is 5.10 Å². The molecule has 0 saturated carbocycles. The first kappa shape index (κ1) is 18.4. The summed E-state index contributed by atoms with van der Waals surface area (Å²) in [4.78, 5) is 16.3. The molecule has 0 aliphatic rings. The zero-order chi connectivity index (χ0) is 18.0. The highest BCUT2D eigenvalue weighted by molar-refractivity contribution is 7.14. The van der Waals surface area contributed by atoms with Gasteiger partial charge in [-0.3, -0.25) is 0 Å². The number of nitrogens with zero attached hydrogens (tertiary/aromatic N) is 3. The Morgan fingerprint density at radius 1 is 1.33 bits per heavy atom. The molecule has 2 heterocycles. The van der Waals surface area contributed by atoms with Gasteiger partial charge in [0.1, 0.15) is 5.75 Å². The second-order valence-corrected chi connectivity index (χ2v) is 12.7. The molecule has 0 aromatic carbocycles. The van der Waals surface area contributed by atoms with Crippen molar-refractivity contribution in [3.05, 3.63) is 29.5 Å². The first-order valence-corrected chi connectivity index (χ1v) is 11.3. The minimum absolute atomic E-state index is 0.127. The lowest BCUT2D eigenvalue weighted by molar-refractivity contribution is -0.134. The average molecular weight is 366 g/mol. The molecule has 0 radical (unpaired) electrons. The van der Waals surface area contributed by atoms with E-state index >= 15 is 0 Å². The molecule has 0 amide bonds. The van der Waals surface area contributed by atoms with Crippen LogP contribution in [-0.4, -0.2) is 36.2 Å². The molecule has 130 valence electrons. The van der Waals surface area contributed by atoms with E-state index in [-0.39, 0.29) is 5.04 Å². The summed E-state index contributed by atoms with van der Waals surface area (Å²) in [6.07, 6.45) is 8.28. The van der Waals surface area contributed by atoms with E-state index in [1.165, 1.54) is 24.5 Å². The molecule has 0 aliphatic heterocycles. The maximum atomic E-state index is 11.1. The summed E-state index contributed by atoms with van der Waals surface area (Å²) in [5, 5.41) is 5.16. The number of thiazole rings is 1. The summed E-state index contributed by atoms with van der Waals surface area (Å²) in [5.74, 6) is 0.359. The summed E-state index contributed by atoms with van der Waals surface area (Å²) >= 11 is 1.43. The second kappa shape index (κ2) is 6.90. The lowest BCUT2D eigenvalue weighted by atomic mass is 10.2. The summed E-state index contributed by atoms with van der Waals surface area (Å²) in [6, 6.07) is 0. The fourth-order valence-corrected chi connectivity index (χ4v) is 3.34. The highest BCUT2D eigenvalue weighted by Crippen LogP contribution is 2.37. The summed E-state index contributed by atoms with van der Waals surface area (Å²) in [7, 11) is -0.545. The Labute approximate surface area is 147 Å². The zero-order valence-electron chi connectivity index (χ0n) is 14.9. The van der Waals surface area contributed by atoms with Gasteiger partial charge in [0.25, 0.3) is 8.32 Å². The van der Waals surface area contributed by atoms with Crippen LogP contribution in [0.25, 0.3) is 11.2 Å². The third-order valence-electron chi connectivity index (χ3n) is 4.03. The lowest BCUT2D eigenvalue weighted by Crippen LogP contribution is -2.43. The molecule has 0 atom stereocenters. The average Bonchev–Trinajstić information content (AvgIpc) is 3.12. The van der Waals surface area contributed by atoms with Crippen molar-refractivity contribution >= 4 is 31.7 Å². The fraction of sp³-hybridized carbons (Fsp3) is 0.438. The first-order chi connectivity index (χ1) is 11.1. The highest BCUT2D eigenvalue weighted by Gasteiger charge is 2.39. The molecule has 0 unspecified atom stereocenters. The van der Waals surface area contributed by atoms with Crippen LogP contribution in [0, 0.1) is 0 Å². The Kier molecular flexibility index (Phi) is 5.29. The topological polar surface area (TPSA) is 66.2 Å². The minimum atomic E-state index is -1.89. The van der Waals surface area contributed by atoms with E-state index in [4.69, 9.17) is 4.43 Å². The summed E-state index contributed by atoms with van der Waals surface area (Å²) in [5.41, 5.74) is 0. The number of aromatic nitrogens is 3. The molecule has 0 N–H and O–H groups in total. The molecule has 0 spiro atoms. The van der Waals surface area contributed by atoms with Crippen LogP contribution in [0.3, 0.4) is 0 Å². The van der Waals surface area contributed by atoms with Crippen LogP contribution in [0.5, 0.6) is 5.75 Å². The molecule has 0 aliphatic carbocycles. The molecule has 8 heteroatoms. The molecule has 2 aromatic heterocycles. The van der Waals surface area contributed by atoms with Gasteiger partial charge in [0, 0.05) is 17.2 Å². The molecule has 2 rings (SSSR count). The number of ether oxygens (including phenoxy) is 1. The van der Waals surface area contributed by atoms with Crippen molar-refractivity contribution in [1.82, 2.24) is 14.8 Å². The zero-order valence-corrected chi connectivity index (χ0v) is 16.7. The van der Waals surface area contributed by atoms with Gasteiger partial charge in [0.05, 0.1) is 19.5 Å². The quantitative estimate of drug-likeness (QED) is 0.457. The SMILES string of the molecule is COC(=O)C=Cc1cnc(-n2cc(O[Si](C)(C)C(C)(C)C)cn2)s1. The Morgan fingerprint density at radius 2 is 2.04 bits per heavy atom. The molecular weight excluding hydrogens is 342 g/mol. The van der Waals surface area contributed by atoms with Crippen molar-refractivity contribution in [2.24, 2.45) is 0 Å². The van der Waals surface area contributed by atoms with Crippen LogP contribution in [0.15, 0.2) is 24.7 Å². The van der Waals surface area contributed by atoms with Crippen LogP contribution in [0.2, 0.25) is 18.1 Å². The van der Waals surface area contributed by atoms with Crippen LogP contribution < -0.4 is 4.43 Å². The van der Waals surface area contributed by atoms with E-state index in [1.807, 2.05) is 6.20 Å². The van der Waals surface area contributed by atoms with Crippen LogP contribution in [0.4, 0.5) is 0 Å². The van der Waals surface area contributed by atoms with Gasteiger partial charge < -0.3 is 9.16 Å². The fourth-order valence-electron chi connectivity index (χ4n) is 1.59. The molecule has 6 nitrogen and oxygen atoms in total. The highest BCUT2D eigenvalue weighted by atomic mass is 32.1. The maximum absolute atomic E-state index is 11.1. The maximum Gasteiger partial charge on any atom is 0.330 e. The Hall–Kier alpha value is -1.93. The van der Waals surface area contributed by atoms with Crippen molar-refractivity contribution in [1.29, 1.82) is 0 Å². The predicted molar refractivity (Wildman–Crippen MR) is 98.1 cm³/mol. The van der Waals surface area contributed by atoms with Crippen molar-refractivity contribution < 1.29 is 14.0 Å². The molecule has 0 fully saturated rings. The van der Waals surface area contributed by atoms with Gasteiger partial charge in [-0.1, -0.05) is 32.1 Å². The molecule has 0 saturated heterocycles. The summed E-state index contributed by atoms with van der Waals surface area (Å²) in [6.45, 7) is 11.0. The Bertz CT molecular complexity index is 744. The largest absolute Gasteiger partial charge is 0.541 e. The van der Waals surface area contributed by atoms with Gasteiger partial charge in [0.15, 0.2) is 0 Å². The van der Waals surface area contributed by atoms with Gasteiger partial charge in [-0.15, -0.1) is 0 Å². The van der Waals surface area contributed by atoms with E-state index in [2.05, 4.69) is 48.7 Å². The summed E-state index contributed by atoms with van der Waals surface area (Å²) < 4.78 is 12.5. The number of rotatable bonds is 5. The van der Waals surface area contributed by atoms with Crippen molar-refractivity contribution in [2.75, 3.05) is 7.11 Å². The number of methoxy groups -OCH3 is 1. The van der Waals surface area contributed by atoms with Crippen molar-refractivity contribution in [3.8, 4) is 10.9 Å². The van der Waals surface area contributed by atoms with Gasteiger partial charge in [0.2, 0.25) is 5.13 Å². The Balaban J connectivity index is 2.13. The third-order valence-corrected chi connectivity index (χ3v) is 9.34. The van der Waals surface area contributed by atoms with Gasteiger partial charge >= 0.3 is 5.97 Å². The standard InChI is InChI=1S/C16H23N3O3SSi/c1-16(2,3)24(5,6)22-12-9-18-19(11-12)15-17-10-13(23-15)7-8-14(20)21-4/h7-11H,1-6H3. The number of esters is 1. The molecule has 0 bridgehead atoms. The monoisotopic (exact) mass is 365 g/mol. The number of hydrogen-bond donors (Lipinski definition) is 0. The van der Waals surface area contributed by atoms with Gasteiger partial charge in [-0.25, -0.2) is 14.5 Å². The number of carbonyl (C=O) groups excluding carboxylic acids is 1. The molecular formula is C16H23N3O3SSi. The molecule has 24 heavy (non-hydrogen) atoms. The lowest BCUT2D eigenvalue weighted by Gasteiger charge is -2.35. The van der Waals surface area contributed by atoms with Crippen LogP contribution in [0.1, 0.15) is 25.6 Å². The third kappa shape index (κ3) is 4.33. The van der Waals surface area contributed by atoms with Crippen molar-refractivity contribution in [2.45, 2.75) is 38.9 Å². The van der Waals surface area contributed by atoms with E-state index in [0.717, 1.165) is 10.6 Å². The van der Waals surface area contributed by atoms with Crippen LogP contribution >= 0.6 is 11.3 Å². The van der Waals surface area contributed by atoms with E-state index in [0.29, 0.717) is 5.13 Å². The van der Waals surface area contributed by atoms with E-state index in [9.17, 15) is 4.79 Å². The smallest absolute Gasteiger partial charge is 0.330 e. The number of hydrogen-bond acceptors (Lipinski definition) is 6.